The zero-order chi connectivity index (χ0) is 22.0. The topological polar surface area (TPSA) is 66.5 Å². The highest BCUT2D eigenvalue weighted by Crippen LogP contribution is 2.26. The quantitative estimate of drug-likeness (QED) is 0.720. The van der Waals surface area contributed by atoms with Gasteiger partial charge < -0.3 is 5.32 Å². The largest absolute Gasteiger partial charge is 0.348 e. The number of nitrogens with one attached hydrogen (secondary N) is 1. The third-order valence-corrected chi connectivity index (χ3v) is 6.13. The highest BCUT2D eigenvalue weighted by atomic mass is 35.5. The van der Waals surface area contributed by atoms with Crippen molar-refractivity contribution in [3.05, 3.63) is 64.2 Å². The van der Waals surface area contributed by atoms with Gasteiger partial charge in [-0.05, 0) is 54.2 Å². The molecule has 0 spiro atoms. The second-order valence-electron chi connectivity index (χ2n) is 8.36. The summed E-state index contributed by atoms with van der Waals surface area (Å²) in [6, 6.07) is 12.7. The maximum Gasteiger partial charge on any atom is 0.241 e. The molecule has 7 heteroatoms. The molecule has 29 heavy (non-hydrogen) atoms. The predicted octanol–water partition coefficient (Wildman–Crippen LogP) is 4.59. The summed E-state index contributed by atoms with van der Waals surface area (Å²) in [6.07, 6.45) is 1.09. The van der Waals surface area contributed by atoms with Gasteiger partial charge in [0.1, 0.15) is 6.54 Å². The number of carbonyl (C=O) groups is 1. The molecule has 0 heterocycles. The molecule has 0 saturated heterocycles. The van der Waals surface area contributed by atoms with Crippen molar-refractivity contribution in [3.8, 4) is 0 Å². The standard InChI is InChI=1S/C22H29ClN2O3S/c1-15-13-19(23)11-12-20(15)25(29(6,27)28)14-21(26)24-16(2)17-7-9-18(10-8-17)22(3,4)5/h7-13,16H,14H2,1-6H3,(H,24,26)/t16-/m0/s1. The molecule has 0 unspecified atom stereocenters. The van der Waals surface area contributed by atoms with E-state index in [0.29, 0.717) is 16.3 Å². The molecule has 1 amide bonds. The number of hydrogen-bond acceptors (Lipinski definition) is 3. The number of amides is 1. The Morgan fingerprint density at radius 3 is 2.21 bits per heavy atom. The van der Waals surface area contributed by atoms with Crippen LogP contribution in [0.3, 0.4) is 0 Å². The van der Waals surface area contributed by atoms with E-state index in [1.807, 2.05) is 19.1 Å². The molecule has 0 aromatic heterocycles. The number of aryl methyl sites for hydroxylation is 1. The zero-order valence-electron chi connectivity index (χ0n) is 17.8. The van der Waals surface area contributed by atoms with Gasteiger partial charge >= 0.3 is 0 Å². The smallest absolute Gasteiger partial charge is 0.241 e. The van der Waals surface area contributed by atoms with E-state index in [1.54, 1.807) is 25.1 Å². The first-order valence-corrected chi connectivity index (χ1v) is 11.7. The van der Waals surface area contributed by atoms with Crippen molar-refractivity contribution in [2.45, 2.75) is 46.1 Å². The van der Waals surface area contributed by atoms with Crippen LogP contribution in [0, 0.1) is 6.92 Å². The van der Waals surface area contributed by atoms with Gasteiger partial charge in [0.05, 0.1) is 18.0 Å². The van der Waals surface area contributed by atoms with Gasteiger partial charge in [-0.2, -0.15) is 0 Å². The van der Waals surface area contributed by atoms with Crippen LogP contribution in [0.1, 0.15) is 50.4 Å². The first-order chi connectivity index (χ1) is 13.3. The number of benzene rings is 2. The minimum absolute atomic E-state index is 0.0530. The van der Waals surface area contributed by atoms with Gasteiger partial charge in [-0.15, -0.1) is 0 Å². The van der Waals surface area contributed by atoms with Crippen LogP contribution in [0.25, 0.3) is 0 Å². The van der Waals surface area contributed by atoms with Crippen LogP contribution in [-0.4, -0.2) is 27.1 Å². The maximum atomic E-state index is 12.6. The van der Waals surface area contributed by atoms with E-state index in [1.165, 1.54) is 5.56 Å². The molecule has 0 saturated carbocycles. The van der Waals surface area contributed by atoms with Gasteiger partial charge in [-0.25, -0.2) is 8.42 Å². The summed E-state index contributed by atoms with van der Waals surface area (Å²) in [5.41, 5.74) is 3.34. The van der Waals surface area contributed by atoms with Crippen molar-refractivity contribution >= 4 is 33.2 Å². The van der Waals surface area contributed by atoms with Crippen molar-refractivity contribution in [1.82, 2.24) is 5.32 Å². The predicted molar refractivity (Wildman–Crippen MR) is 120 cm³/mol. The molecule has 5 nitrogen and oxygen atoms in total. The Morgan fingerprint density at radius 1 is 1.14 bits per heavy atom. The molecule has 2 aromatic rings. The van der Waals surface area contributed by atoms with Crippen molar-refractivity contribution < 1.29 is 13.2 Å². The van der Waals surface area contributed by atoms with Gasteiger partial charge in [0, 0.05) is 5.02 Å². The lowest BCUT2D eigenvalue weighted by molar-refractivity contribution is -0.120. The molecule has 0 aliphatic carbocycles. The van der Waals surface area contributed by atoms with E-state index in [-0.39, 0.29) is 23.9 Å². The van der Waals surface area contributed by atoms with E-state index in [0.717, 1.165) is 16.1 Å². The van der Waals surface area contributed by atoms with Crippen molar-refractivity contribution in [3.63, 3.8) is 0 Å². The Morgan fingerprint density at radius 2 is 1.72 bits per heavy atom. The summed E-state index contributed by atoms with van der Waals surface area (Å²) < 4.78 is 25.7. The second-order valence-corrected chi connectivity index (χ2v) is 10.7. The van der Waals surface area contributed by atoms with Crippen LogP contribution < -0.4 is 9.62 Å². The van der Waals surface area contributed by atoms with Gasteiger partial charge in [0.25, 0.3) is 0 Å². The minimum atomic E-state index is -3.64. The average molecular weight is 437 g/mol. The number of carbonyl (C=O) groups excluding carboxylic acids is 1. The summed E-state index contributed by atoms with van der Waals surface area (Å²) in [5.74, 6) is -0.378. The summed E-state index contributed by atoms with van der Waals surface area (Å²) >= 11 is 5.97. The lowest BCUT2D eigenvalue weighted by Gasteiger charge is -2.25. The molecule has 2 rings (SSSR count). The lowest BCUT2D eigenvalue weighted by Crippen LogP contribution is -2.41. The van der Waals surface area contributed by atoms with Gasteiger partial charge in [-0.1, -0.05) is 56.6 Å². The van der Waals surface area contributed by atoms with E-state index in [4.69, 9.17) is 11.6 Å². The number of anilines is 1. The van der Waals surface area contributed by atoms with E-state index in [9.17, 15) is 13.2 Å². The fourth-order valence-corrected chi connectivity index (χ4v) is 4.19. The molecule has 0 bridgehead atoms. The third-order valence-electron chi connectivity index (χ3n) is 4.77. The summed E-state index contributed by atoms with van der Waals surface area (Å²) in [7, 11) is -3.64. The fourth-order valence-electron chi connectivity index (χ4n) is 3.05. The lowest BCUT2D eigenvalue weighted by atomic mass is 9.86. The highest BCUT2D eigenvalue weighted by molar-refractivity contribution is 7.92. The molecule has 0 aliphatic heterocycles. The molecule has 0 radical (unpaired) electrons. The van der Waals surface area contributed by atoms with E-state index < -0.39 is 10.0 Å². The van der Waals surface area contributed by atoms with Crippen molar-refractivity contribution in [2.75, 3.05) is 17.1 Å². The summed E-state index contributed by atoms with van der Waals surface area (Å²) in [4.78, 5) is 12.6. The molecule has 158 valence electrons. The first-order valence-electron chi connectivity index (χ1n) is 9.42. The number of nitrogens with zero attached hydrogens (tertiary/aromatic N) is 1. The SMILES string of the molecule is Cc1cc(Cl)ccc1N(CC(=O)N[C@@H](C)c1ccc(C(C)(C)C)cc1)S(C)(=O)=O. The Kier molecular flexibility index (Phi) is 7.01. The van der Waals surface area contributed by atoms with Gasteiger partial charge in [0.2, 0.25) is 15.9 Å². The summed E-state index contributed by atoms with van der Waals surface area (Å²) in [6.45, 7) is 9.77. The first kappa shape index (κ1) is 23.2. The van der Waals surface area contributed by atoms with Crippen LogP contribution in [0.15, 0.2) is 42.5 Å². The average Bonchev–Trinajstić information content (AvgIpc) is 2.58. The molecule has 1 atom stereocenters. The normalized spacial score (nSPS) is 13.1. The van der Waals surface area contributed by atoms with Crippen LogP contribution in [0.2, 0.25) is 5.02 Å². The Bertz CT molecular complexity index is 980. The van der Waals surface area contributed by atoms with Crippen LogP contribution >= 0.6 is 11.6 Å². The van der Waals surface area contributed by atoms with Crippen molar-refractivity contribution in [2.24, 2.45) is 0 Å². The van der Waals surface area contributed by atoms with Crippen LogP contribution in [0.4, 0.5) is 5.69 Å². The van der Waals surface area contributed by atoms with E-state index in [2.05, 4.69) is 38.2 Å². The van der Waals surface area contributed by atoms with Gasteiger partial charge in [0.15, 0.2) is 0 Å². The zero-order valence-corrected chi connectivity index (χ0v) is 19.4. The Labute approximate surface area is 179 Å². The van der Waals surface area contributed by atoms with Gasteiger partial charge in [-0.3, -0.25) is 9.10 Å². The molecule has 0 aliphatic rings. The number of hydrogen-bond donors (Lipinski definition) is 1. The molecule has 1 N–H and O–H groups in total. The highest BCUT2D eigenvalue weighted by Gasteiger charge is 2.23. The minimum Gasteiger partial charge on any atom is -0.348 e. The van der Waals surface area contributed by atoms with E-state index >= 15 is 0 Å². The molecular formula is C22H29ClN2O3S. The molecular weight excluding hydrogens is 408 g/mol. The second kappa shape index (κ2) is 8.76. The fraction of sp³-hybridized carbons (Fsp3) is 0.409. The number of rotatable bonds is 6. The maximum absolute atomic E-state index is 12.6. The number of sulfonamides is 1. The third kappa shape index (κ3) is 6.21. The molecule has 0 fully saturated rings. The Hall–Kier alpha value is -2.05. The monoisotopic (exact) mass is 436 g/mol. The Balaban J connectivity index is 2.16. The van der Waals surface area contributed by atoms with Crippen LogP contribution in [0.5, 0.6) is 0 Å². The van der Waals surface area contributed by atoms with Crippen LogP contribution in [-0.2, 0) is 20.2 Å². The number of halogens is 1. The summed E-state index contributed by atoms with van der Waals surface area (Å²) in [5, 5.41) is 3.40. The molecule has 2 aromatic carbocycles. The van der Waals surface area contributed by atoms with Crippen molar-refractivity contribution in [1.29, 1.82) is 0 Å².